The second-order valence-corrected chi connectivity index (χ2v) is 6.02. The van der Waals surface area contributed by atoms with Gasteiger partial charge in [-0.15, -0.1) is 5.10 Å². The summed E-state index contributed by atoms with van der Waals surface area (Å²) in [6, 6.07) is 4.37. The van der Waals surface area contributed by atoms with E-state index in [-0.39, 0.29) is 5.91 Å². The Morgan fingerprint density at radius 1 is 1.35 bits per heavy atom. The molecule has 7 nitrogen and oxygen atoms in total. The maximum Gasteiger partial charge on any atom is 0.224 e. The van der Waals surface area contributed by atoms with Crippen LogP contribution in [0.2, 0.25) is 0 Å². The molecule has 3 heterocycles. The van der Waals surface area contributed by atoms with Crippen LogP contribution in [0.5, 0.6) is 0 Å². The lowest BCUT2D eigenvalue weighted by Gasteiger charge is -2.27. The molecule has 1 aromatic heterocycles. The molecule has 2 aliphatic rings. The first-order valence-corrected chi connectivity index (χ1v) is 8.45. The predicted octanol–water partition coefficient (Wildman–Crippen LogP) is 0.284. The highest BCUT2D eigenvalue weighted by molar-refractivity contribution is 5.76. The molecule has 2 fully saturated rings. The number of hydrogen-bond acceptors (Lipinski definition) is 6. The van der Waals surface area contributed by atoms with E-state index in [0.29, 0.717) is 25.7 Å². The molecule has 0 aromatic carbocycles. The fourth-order valence-corrected chi connectivity index (χ4v) is 3.23. The molecule has 0 bridgehead atoms. The molecule has 1 aromatic rings. The van der Waals surface area contributed by atoms with E-state index in [1.54, 1.807) is 6.20 Å². The fourth-order valence-electron chi connectivity index (χ4n) is 3.23. The van der Waals surface area contributed by atoms with Gasteiger partial charge in [0.05, 0.1) is 13.2 Å². The molecule has 3 rings (SSSR count). The molecule has 0 aliphatic carbocycles. The molecule has 0 radical (unpaired) electrons. The molecule has 1 atom stereocenters. The first-order chi connectivity index (χ1) is 11.3. The summed E-state index contributed by atoms with van der Waals surface area (Å²) in [6.07, 6.45) is 4.58. The zero-order valence-electron chi connectivity index (χ0n) is 13.5. The Hall–Kier alpha value is -1.73. The van der Waals surface area contributed by atoms with Crippen molar-refractivity contribution in [3.05, 3.63) is 18.3 Å². The summed E-state index contributed by atoms with van der Waals surface area (Å²) in [5.41, 5.74) is 0. The minimum absolute atomic E-state index is 0.220. The van der Waals surface area contributed by atoms with Crippen molar-refractivity contribution in [1.29, 1.82) is 0 Å². The van der Waals surface area contributed by atoms with Crippen LogP contribution in [0.15, 0.2) is 18.3 Å². The van der Waals surface area contributed by atoms with E-state index in [0.717, 1.165) is 45.0 Å². The fraction of sp³-hybridized carbons (Fsp3) is 0.688. The largest absolute Gasteiger partial charge is 0.378 e. The summed E-state index contributed by atoms with van der Waals surface area (Å²) in [5, 5.41) is 11.6. The normalized spacial score (nSPS) is 21.7. The number of ether oxygens (including phenoxy) is 1. The number of nitrogens with one attached hydrogen (secondary N) is 1. The molecule has 7 heteroatoms. The van der Waals surface area contributed by atoms with Crippen molar-refractivity contribution in [2.45, 2.75) is 25.3 Å². The van der Waals surface area contributed by atoms with E-state index in [4.69, 9.17) is 4.74 Å². The Bertz CT molecular complexity index is 493. The van der Waals surface area contributed by atoms with Crippen LogP contribution in [0.3, 0.4) is 0 Å². The van der Waals surface area contributed by atoms with Crippen LogP contribution >= 0.6 is 0 Å². The lowest BCUT2D eigenvalue weighted by atomic mass is 10.2. The molecule has 2 saturated heterocycles. The predicted molar refractivity (Wildman–Crippen MR) is 87.3 cm³/mol. The average Bonchev–Trinajstić information content (AvgIpc) is 3.08. The maximum absolute atomic E-state index is 12.1. The van der Waals surface area contributed by atoms with Crippen molar-refractivity contribution in [3.63, 3.8) is 0 Å². The van der Waals surface area contributed by atoms with E-state index < -0.39 is 0 Å². The highest BCUT2D eigenvalue weighted by atomic mass is 16.5. The van der Waals surface area contributed by atoms with Gasteiger partial charge in [0.2, 0.25) is 5.91 Å². The Balaban J connectivity index is 1.39. The Kier molecular flexibility index (Phi) is 5.76. The molecular formula is C16H25N5O2. The number of rotatable bonds is 6. The third kappa shape index (κ3) is 4.39. The summed E-state index contributed by atoms with van der Waals surface area (Å²) < 4.78 is 5.27. The third-order valence-corrected chi connectivity index (χ3v) is 4.49. The van der Waals surface area contributed by atoms with E-state index >= 15 is 0 Å². The second kappa shape index (κ2) is 8.21. The highest BCUT2D eigenvalue weighted by Gasteiger charge is 2.25. The summed E-state index contributed by atoms with van der Waals surface area (Å²) in [6.45, 7) is 5.40. The van der Waals surface area contributed by atoms with E-state index in [9.17, 15) is 4.79 Å². The van der Waals surface area contributed by atoms with Gasteiger partial charge in [-0.3, -0.25) is 4.79 Å². The molecule has 0 spiro atoms. The van der Waals surface area contributed by atoms with Crippen LogP contribution in [0.4, 0.5) is 5.82 Å². The second-order valence-electron chi connectivity index (χ2n) is 6.02. The van der Waals surface area contributed by atoms with Gasteiger partial charge >= 0.3 is 0 Å². The maximum atomic E-state index is 12.1. The van der Waals surface area contributed by atoms with Gasteiger partial charge < -0.3 is 19.9 Å². The van der Waals surface area contributed by atoms with Crippen molar-refractivity contribution in [1.82, 2.24) is 20.4 Å². The number of morpholine rings is 1. The van der Waals surface area contributed by atoms with Crippen molar-refractivity contribution in [3.8, 4) is 0 Å². The molecule has 0 unspecified atom stereocenters. The molecule has 23 heavy (non-hydrogen) atoms. The van der Waals surface area contributed by atoms with Gasteiger partial charge in [0.25, 0.3) is 0 Å². The number of anilines is 1. The summed E-state index contributed by atoms with van der Waals surface area (Å²) >= 11 is 0. The molecule has 1 amide bonds. The van der Waals surface area contributed by atoms with Crippen LogP contribution in [0.1, 0.15) is 19.3 Å². The Morgan fingerprint density at radius 3 is 3.00 bits per heavy atom. The van der Waals surface area contributed by atoms with Gasteiger partial charge in [-0.25, -0.2) is 0 Å². The molecule has 0 saturated carbocycles. The zero-order chi connectivity index (χ0) is 15.9. The van der Waals surface area contributed by atoms with Gasteiger partial charge in [-0.05, 0) is 25.0 Å². The van der Waals surface area contributed by atoms with Crippen LogP contribution in [-0.4, -0.2) is 73.0 Å². The van der Waals surface area contributed by atoms with Gasteiger partial charge in [-0.1, -0.05) is 0 Å². The Labute approximate surface area is 137 Å². The zero-order valence-corrected chi connectivity index (χ0v) is 13.5. The molecule has 2 aliphatic heterocycles. The monoisotopic (exact) mass is 319 g/mol. The minimum atomic E-state index is 0.220. The number of aromatic nitrogens is 2. The molecular weight excluding hydrogens is 294 g/mol. The molecule has 1 N–H and O–H groups in total. The summed E-state index contributed by atoms with van der Waals surface area (Å²) in [7, 11) is 0. The number of nitrogens with zero attached hydrogens (tertiary/aromatic N) is 4. The van der Waals surface area contributed by atoms with E-state index in [1.807, 2.05) is 17.0 Å². The lowest BCUT2D eigenvalue weighted by Crippen LogP contribution is -2.43. The average molecular weight is 319 g/mol. The topological polar surface area (TPSA) is 70.6 Å². The number of hydrogen-bond donors (Lipinski definition) is 1. The van der Waals surface area contributed by atoms with Crippen molar-refractivity contribution < 1.29 is 9.53 Å². The van der Waals surface area contributed by atoms with Crippen molar-refractivity contribution >= 4 is 11.7 Å². The van der Waals surface area contributed by atoms with Gasteiger partial charge in [-0.2, -0.15) is 5.10 Å². The summed E-state index contributed by atoms with van der Waals surface area (Å²) in [5.74, 6) is 1.17. The van der Waals surface area contributed by atoms with Crippen LogP contribution in [-0.2, 0) is 9.53 Å². The van der Waals surface area contributed by atoms with Gasteiger partial charge in [0, 0.05) is 51.4 Å². The number of carbonyl (C=O) groups is 1. The molecule has 126 valence electrons. The van der Waals surface area contributed by atoms with Crippen LogP contribution in [0, 0.1) is 0 Å². The van der Waals surface area contributed by atoms with Crippen molar-refractivity contribution in [2.24, 2.45) is 0 Å². The SMILES string of the molecule is O=C(CCNC[C@@H]1CCCN1c1cccnn1)N1CCOCC1. The third-order valence-electron chi connectivity index (χ3n) is 4.49. The number of amides is 1. The van der Waals surface area contributed by atoms with E-state index in [1.165, 1.54) is 6.42 Å². The number of carbonyl (C=O) groups excluding carboxylic acids is 1. The van der Waals surface area contributed by atoms with E-state index in [2.05, 4.69) is 20.4 Å². The Morgan fingerprint density at radius 2 is 2.22 bits per heavy atom. The first-order valence-electron chi connectivity index (χ1n) is 8.45. The first kappa shape index (κ1) is 16.1. The highest BCUT2D eigenvalue weighted by Crippen LogP contribution is 2.22. The lowest BCUT2D eigenvalue weighted by molar-refractivity contribution is -0.135. The van der Waals surface area contributed by atoms with Crippen molar-refractivity contribution in [2.75, 3.05) is 50.8 Å². The van der Waals surface area contributed by atoms with Crippen LogP contribution in [0.25, 0.3) is 0 Å². The quantitative estimate of drug-likeness (QED) is 0.760. The van der Waals surface area contributed by atoms with Gasteiger partial charge in [0.15, 0.2) is 5.82 Å². The van der Waals surface area contributed by atoms with Crippen LogP contribution < -0.4 is 10.2 Å². The standard InChI is InChI=1S/C16H25N5O2/c22-16(20-9-11-23-12-10-20)5-7-17-13-14-3-2-8-21(14)15-4-1-6-18-19-15/h1,4,6,14,17H,2-3,5,7-13H2/t14-/m0/s1. The minimum Gasteiger partial charge on any atom is -0.378 e. The summed E-state index contributed by atoms with van der Waals surface area (Å²) in [4.78, 5) is 16.3. The smallest absolute Gasteiger partial charge is 0.224 e. The van der Waals surface area contributed by atoms with Gasteiger partial charge in [0.1, 0.15) is 0 Å².